The highest BCUT2D eigenvalue weighted by Gasteiger charge is 2.45. The van der Waals surface area contributed by atoms with E-state index in [9.17, 15) is 8.42 Å². The van der Waals surface area contributed by atoms with Crippen molar-refractivity contribution in [2.75, 3.05) is 26.2 Å². The highest BCUT2D eigenvalue weighted by Crippen LogP contribution is 2.30. The van der Waals surface area contributed by atoms with E-state index >= 15 is 0 Å². The average molecular weight is 316 g/mol. The summed E-state index contributed by atoms with van der Waals surface area (Å²) in [5.41, 5.74) is 0. The van der Waals surface area contributed by atoms with Gasteiger partial charge in [0.2, 0.25) is 0 Å². The van der Waals surface area contributed by atoms with Crippen LogP contribution in [0.1, 0.15) is 13.8 Å². The molecule has 1 aromatic heterocycles. The molecule has 2 fully saturated rings. The van der Waals surface area contributed by atoms with Crippen LogP contribution < -0.4 is 0 Å². The van der Waals surface area contributed by atoms with Gasteiger partial charge in [0.05, 0.1) is 18.8 Å². The van der Waals surface area contributed by atoms with Crippen molar-refractivity contribution >= 4 is 21.4 Å². The van der Waals surface area contributed by atoms with Crippen molar-refractivity contribution in [2.24, 2.45) is 0 Å². The van der Waals surface area contributed by atoms with Crippen LogP contribution in [0.4, 0.5) is 0 Å². The molecule has 0 unspecified atom stereocenters. The zero-order chi connectivity index (χ0) is 14.3. The van der Waals surface area contributed by atoms with Crippen molar-refractivity contribution in [1.82, 2.24) is 9.21 Å². The second-order valence-electron chi connectivity index (χ2n) is 5.56. The number of thiophene rings is 1. The summed E-state index contributed by atoms with van der Waals surface area (Å²) in [4.78, 5) is 2.36. The van der Waals surface area contributed by atoms with E-state index < -0.39 is 10.0 Å². The summed E-state index contributed by atoms with van der Waals surface area (Å²) in [7, 11) is -3.36. The lowest BCUT2D eigenvalue weighted by Crippen LogP contribution is -2.53. The maximum absolute atomic E-state index is 12.6. The summed E-state index contributed by atoms with van der Waals surface area (Å²) >= 11 is 1.27. The molecule has 0 aliphatic carbocycles. The molecule has 0 aromatic carbocycles. The van der Waals surface area contributed by atoms with Gasteiger partial charge in [-0.15, -0.1) is 11.3 Å². The first kappa shape index (κ1) is 14.5. The Morgan fingerprint density at radius 2 is 2.20 bits per heavy atom. The lowest BCUT2D eigenvalue weighted by molar-refractivity contribution is -0.0582. The number of morpholine rings is 1. The van der Waals surface area contributed by atoms with Crippen LogP contribution in [0.15, 0.2) is 21.7 Å². The maximum Gasteiger partial charge on any atom is 0.252 e. The van der Waals surface area contributed by atoms with Crippen LogP contribution in [0.5, 0.6) is 0 Å². The first-order valence-electron chi connectivity index (χ1n) is 6.91. The van der Waals surface area contributed by atoms with E-state index in [0.717, 1.165) is 6.54 Å². The van der Waals surface area contributed by atoms with E-state index in [1.165, 1.54) is 11.3 Å². The minimum atomic E-state index is -3.36. The van der Waals surface area contributed by atoms with Gasteiger partial charge < -0.3 is 4.74 Å². The van der Waals surface area contributed by atoms with Crippen molar-refractivity contribution in [3.63, 3.8) is 0 Å². The second kappa shape index (κ2) is 5.38. The molecular formula is C13H20N2O3S2. The lowest BCUT2D eigenvalue weighted by Gasteiger charge is -2.39. The van der Waals surface area contributed by atoms with E-state index in [1.807, 2.05) is 0 Å². The fraction of sp³-hybridized carbons (Fsp3) is 0.692. The van der Waals surface area contributed by atoms with Crippen molar-refractivity contribution in [2.45, 2.75) is 36.2 Å². The maximum atomic E-state index is 12.6. The molecule has 2 aliphatic heterocycles. The van der Waals surface area contributed by atoms with Gasteiger partial charge in [0.15, 0.2) is 0 Å². The van der Waals surface area contributed by atoms with Crippen LogP contribution in [0, 0.1) is 0 Å². The molecule has 0 amide bonds. The van der Waals surface area contributed by atoms with Crippen molar-refractivity contribution < 1.29 is 13.2 Å². The minimum absolute atomic E-state index is 0.000822. The van der Waals surface area contributed by atoms with E-state index in [-0.39, 0.29) is 12.1 Å². The van der Waals surface area contributed by atoms with Crippen LogP contribution in [-0.2, 0) is 14.8 Å². The second-order valence-corrected chi connectivity index (χ2v) is 8.67. The van der Waals surface area contributed by atoms with E-state index in [0.29, 0.717) is 29.9 Å². The van der Waals surface area contributed by atoms with Crippen LogP contribution in [0.2, 0.25) is 0 Å². The number of rotatable bonds is 3. The molecule has 1 aromatic rings. The predicted octanol–water partition coefficient (Wildman–Crippen LogP) is 1.23. The van der Waals surface area contributed by atoms with Crippen molar-refractivity contribution in [1.29, 1.82) is 0 Å². The molecule has 112 valence electrons. The normalized spacial score (nSPS) is 28.9. The molecule has 7 heteroatoms. The molecule has 0 spiro atoms. The summed E-state index contributed by atoms with van der Waals surface area (Å²) in [6.07, 6.45) is 0.000822. The van der Waals surface area contributed by atoms with Gasteiger partial charge in [-0.1, -0.05) is 6.07 Å². The Balaban J connectivity index is 1.82. The van der Waals surface area contributed by atoms with E-state index in [2.05, 4.69) is 18.7 Å². The summed E-state index contributed by atoms with van der Waals surface area (Å²) in [5.74, 6) is 0. The Morgan fingerprint density at radius 3 is 2.85 bits per heavy atom. The van der Waals surface area contributed by atoms with Gasteiger partial charge in [-0.25, -0.2) is 8.42 Å². The molecule has 2 saturated heterocycles. The first-order valence-corrected chi connectivity index (χ1v) is 9.23. The summed E-state index contributed by atoms with van der Waals surface area (Å²) in [6.45, 7) is 6.87. The predicted molar refractivity (Wildman–Crippen MR) is 78.4 cm³/mol. The van der Waals surface area contributed by atoms with Gasteiger partial charge in [-0.2, -0.15) is 4.31 Å². The van der Waals surface area contributed by atoms with Gasteiger partial charge >= 0.3 is 0 Å². The van der Waals surface area contributed by atoms with Gasteiger partial charge in [-0.3, -0.25) is 4.90 Å². The van der Waals surface area contributed by atoms with Crippen molar-refractivity contribution in [3.05, 3.63) is 17.5 Å². The number of ether oxygens (including phenoxy) is 1. The highest BCUT2D eigenvalue weighted by molar-refractivity contribution is 7.91. The molecule has 3 rings (SSSR count). The first-order chi connectivity index (χ1) is 9.50. The fourth-order valence-corrected chi connectivity index (χ4v) is 5.67. The number of sulfonamides is 1. The zero-order valence-corrected chi connectivity index (χ0v) is 13.4. The average Bonchev–Trinajstić information content (AvgIpc) is 3.07. The summed E-state index contributed by atoms with van der Waals surface area (Å²) in [5, 5.41) is 1.80. The fourth-order valence-electron chi connectivity index (χ4n) is 3.06. The Morgan fingerprint density at radius 1 is 1.40 bits per heavy atom. The number of fused-ring (bicyclic) bond motifs is 1. The molecule has 2 atom stereocenters. The highest BCUT2D eigenvalue weighted by atomic mass is 32.2. The molecule has 5 nitrogen and oxygen atoms in total. The molecule has 3 heterocycles. The number of nitrogens with zero attached hydrogens (tertiary/aromatic N) is 2. The zero-order valence-electron chi connectivity index (χ0n) is 11.7. The largest absolute Gasteiger partial charge is 0.374 e. The van der Waals surface area contributed by atoms with Crippen LogP contribution in [0.3, 0.4) is 0 Å². The third-order valence-electron chi connectivity index (χ3n) is 4.06. The molecule has 20 heavy (non-hydrogen) atoms. The lowest BCUT2D eigenvalue weighted by atomic mass is 10.1. The van der Waals surface area contributed by atoms with Crippen LogP contribution in [0.25, 0.3) is 0 Å². The topological polar surface area (TPSA) is 49.9 Å². The quantitative estimate of drug-likeness (QED) is 0.842. The molecule has 0 N–H and O–H groups in total. The Bertz CT molecular complexity index is 556. The number of hydrogen-bond acceptors (Lipinski definition) is 5. The van der Waals surface area contributed by atoms with Crippen LogP contribution in [-0.4, -0.2) is 62.1 Å². The third-order valence-corrected chi connectivity index (χ3v) is 7.27. The monoisotopic (exact) mass is 316 g/mol. The number of hydrogen-bond donors (Lipinski definition) is 0. The standard InChI is InChI=1S/C13H20N2O3S2/c1-10(2)15-5-6-18-12-9-14(8-11(12)15)20(16,17)13-4-3-7-19-13/h3-4,7,10-12H,5-6,8-9H2,1-2H3/t11-,12+/m1/s1. The van der Waals surface area contributed by atoms with E-state index in [4.69, 9.17) is 4.74 Å². The Kier molecular flexibility index (Phi) is 3.89. The SMILES string of the molecule is CC(C)N1CCO[C@H]2CN(S(=O)(=O)c3cccs3)C[C@H]21. The van der Waals surface area contributed by atoms with Gasteiger partial charge in [0.1, 0.15) is 4.21 Å². The van der Waals surface area contributed by atoms with Crippen molar-refractivity contribution in [3.8, 4) is 0 Å². The minimum Gasteiger partial charge on any atom is -0.374 e. The van der Waals surface area contributed by atoms with E-state index in [1.54, 1.807) is 21.8 Å². The summed E-state index contributed by atoms with van der Waals surface area (Å²) < 4.78 is 32.9. The van der Waals surface area contributed by atoms with Gasteiger partial charge in [-0.05, 0) is 25.3 Å². The van der Waals surface area contributed by atoms with Gasteiger partial charge in [0.25, 0.3) is 10.0 Å². The van der Waals surface area contributed by atoms with Crippen LogP contribution >= 0.6 is 11.3 Å². The molecule has 0 radical (unpaired) electrons. The Hall–Kier alpha value is -0.470. The Labute approximate surface area is 124 Å². The molecule has 2 aliphatic rings. The molecular weight excluding hydrogens is 296 g/mol. The summed E-state index contributed by atoms with van der Waals surface area (Å²) in [6, 6.07) is 4.04. The molecule has 0 bridgehead atoms. The third kappa shape index (κ3) is 2.42. The van der Waals surface area contributed by atoms with Gasteiger partial charge in [0, 0.05) is 25.7 Å². The smallest absolute Gasteiger partial charge is 0.252 e. The molecule has 0 saturated carbocycles.